The summed E-state index contributed by atoms with van der Waals surface area (Å²) < 4.78 is 27.8. The second-order valence-corrected chi connectivity index (χ2v) is 9.73. The molecule has 0 amide bonds. The molecule has 2 N–H and O–H groups in total. The second kappa shape index (κ2) is 6.57. The van der Waals surface area contributed by atoms with Crippen LogP contribution >= 0.6 is 11.3 Å². The quantitative estimate of drug-likeness (QED) is 0.850. The summed E-state index contributed by atoms with van der Waals surface area (Å²) in [6.45, 7) is 7.63. The van der Waals surface area contributed by atoms with E-state index in [1.54, 1.807) is 17.5 Å². The molecule has 7 heteroatoms. The van der Waals surface area contributed by atoms with Crippen molar-refractivity contribution in [3.8, 4) is 0 Å². The van der Waals surface area contributed by atoms with Gasteiger partial charge in [0.1, 0.15) is 4.21 Å². The number of nitrogens with zero attached hydrogens (tertiary/aromatic N) is 1. The minimum atomic E-state index is -3.33. The Morgan fingerprint density at radius 2 is 2.23 bits per heavy atom. The Hall–Kier alpha value is -0.470. The highest BCUT2D eigenvalue weighted by atomic mass is 32.2. The highest BCUT2D eigenvalue weighted by Gasteiger charge is 2.32. The van der Waals surface area contributed by atoms with Gasteiger partial charge in [-0.3, -0.25) is 0 Å². The van der Waals surface area contributed by atoms with Crippen molar-refractivity contribution in [3.05, 3.63) is 17.5 Å². The van der Waals surface area contributed by atoms with Crippen LogP contribution in [0.5, 0.6) is 0 Å². The summed E-state index contributed by atoms with van der Waals surface area (Å²) in [6, 6.07) is 3.51. The molecular formula is C15H25N3O2S2. The van der Waals surface area contributed by atoms with Gasteiger partial charge in [0.25, 0.3) is 0 Å². The van der Waals surface area contributed by atoms with E-state index in [2.05, 4.69) is 21.9 Å². The number of likely N-dealkylation sites (tertiary alicyclic amines) is 1. The molecule has 0 saturated carbocycles. The number of sulfonamides is 1. The highest BCUT2D eigenvalue weighted by molar-refractivity contribution is 7.91. The summed E-state index contributed by atoms with van der Waals surface area (Å²) in [4.78, 5) is 2.49. The summed E-state index contributed by atoms with van der Waals surface area (Å²) in [5.74, 6) is 0. The molecule has 3 heterocycles. The molecular weight excluding hydrogens is 318 g/mol. The standard InChI is InChI=1S/C15H25N3O2S2/c1-15(6-7-16-11-15)12-18-8-4-13(5-9-18)17-22(19,20)14-3-2-10-21-14/h2-3,10,13,16-17H,4-9,11-12H2,1H3. The van der Waals surface area contributed by atoms with Crippen LogP contribution in [0.25, 0.3) is 0 Å². The molecule has 5 nitrogen and oxygen atoms in total. The minimum absolute atomic E-state index is 0.0675. The van der Waals surface area contributed by atoms with Crippen LogP contribution in [0.3, 0.4) is 0 Å². The van der Waals surface area contributed by atoms with E-state index in [1.807, 2.05) is 0 Å². The highest BCUT2D eigenvalue weighted by Crippen LogP contribution is 2.27. The summed E-state index contributed by atoms with van der Waals surface area (Å²) in [7, 11) is -3.33. The van der Waals surface area contributed by atoms with Crippen molar-refractivity contribution in [2.75, 3.05) is 32.7 Å². The number of thiophene rings is 1. The van der Waals surface area contributed by atoms with Gasteiger partial charge >= 0.3 is 0 Å². The molecule has 2 saturated heterocycles. The van der Waals surface area contributed by atoms with Gasteiger partial charge in [0.2, 0.25) is 10.0 Å². The average Bonchev–Trinajstić information content (AvgIpc) is 3.13. The predicted molar refractivity (Wildman–Crippen MR) is 89.7 cm³/mol. The molecule has 2 aliphatic heterocycles. The Bertz CT molecular complexity index is 572. The lowest BCUT2D eigenvalue weighted by molar-refractivity contribution is 0.142. The van der Waals surface area contributed by atoms with Gasteiger partial charge in [-0.25, -0.2) is 13.1 Å². The van der Waals surface area contributed by atoms with Gasteiger partial charge in [0.05, 0.1) is 0 Å². The summed E-state index contributed by atoms with van der Waals surface area (Å²) in [5.41, 5.74) is 0.378. The van der Waals surface area contributed by atoms with E-state index in [0.717, 1.165) is 45.6 Å². The lowest BCUT2D eigenvalue weighted by Crippen LogP contribution is -2.47. The Labute approximate surface area is 137 Å². The van der Waals surface area contributed by atoms with Crippen LogP contribution < -0.4 is 10.0 Å². The molecule has 3 rings (SSSR count). The summed E-state index contributed by atoms with van der Waals surface area (Å²) in [6.07, 6.45) is 3.03. The predicted octanol–water partition coefficient (Wildman–Crippen LogP) is 1.49. The van der Waals surface area contributed by atoms with Crippen molar-refractivity contribution in [2.45, 2.75) is 36.4 Å². The first-order chi connectivity index (χ1) is 10.5. The molecule has 124 valence electrons. The SMILES string of the molecule is CC1(CN2CCC(NS(=O)(=O)c3cccs3)CC2)CCNC1. The van der Waals surface area contributed by atoms with E-state index >= 15 is 0 Å². The first kappa shape index (κ1) is 16.4. The van der Waals surface area contributed by atoms with E-state index in [9.17, 15) is 8.42 Å². The molecule has 2 aliphatic rings. The number of nitrogens with one attached hydrogen (secondary N) is 2. The average molecular weight is 344 g/mol. The molecule has 1 unspecified atom stereocenters. The van der Waals surface area contributed by atoms with E-state index in [1.165, 1.54) is 17.8 Å². The van der Waals surface area contributed by atoms with Crippen LogP contribution in [-0.4, -0.2) is 52.1 Å². The first-order valence-corrected chi connectivity index (χ1v) is 10.3. The smallest absolute Gasteiger partial charge is 0.250 e. The monoisotopic (exact) mass is 343 g/mol. The molecule has 22 heavy (non-hydrogen) atoms. The maximum atomic E-state index is 12.3. The fraction of sp³-hybridized carbons (Fsp3) is 0.733. The molecule has 0 aromatic carbocycles. The zero-order valence-corrected chi connectivity index (χ0v) is 14.7. The zero-order valence-electron chi connectivity index (χ0n) is 13.0. The summed E-state index contributed by atoms with van der Waals surface area (Å²) in [5, 5.41) is 5.24. The van der Waals surface area contributed by atoms with Crippen molar-refractivity contribution < 1.29 is 8.42 Å². The third-order valence-corrected chi connectivity index (χ3v) is 7.65. The van der Waals surface area contributed by atoms with Crippen LogP contribution in [-0.2, 0) is 10.0 Å². The van der Waals surface area contributed by atoms with Crippen LogP contribution in [0.15, 0.2) is 21.7 Å². The number of hydrogen-bond acceptors (Lipinski definition) is 5. The van der Waals surface area contributed by atoms with Gasteiger partial charge in [-0.2, -0.15) is 0 Å². The van der Waals surface area contributed by atoms with Crippen LogP contribution in [0, 0.1) is 5.41 Å². The molecule has 2 fully saturated rings. The van der Waals surface area contributed by atoms with E-state index in [0.29, 0.717) is 9.62 Å². The van der Waals surface area contributed by atoms with Gasteiger partial charge in [-0.1, -0.05) is 13.0 Å². The van der Waals surface area contributed by atoms with Crippen LogP contribution in [0.1, 0.15) is 26.2 Å². The van der Waals surface area contributed by atoms with Crippen molar-refractivity contribution >= 4 is 21.4 Å². The fourth-order valence-electron chi connectivity index (χ4n) is 3.45. The molecule has 1 aromatic rings. The minimum Gasteiger partial charge on any atom is -0.316 e. The lowest BCUT2D eigenvalue weighted by Gasteiger charge is -2.37. The molecule has 0 aliphatic carbocycles. The number of hydrogen-bond donors (Lipinski definition) is 2. The fourth-order valence-corrected chi connectivity index (χ4v) is 5.76. The van der Waals surface area contributed by atoms with Gasteiger partial charge in [0.15, 0.2) is 0 Å². The zero-order chi connectivity index (χ0) is 15.6. The largest absolute Gasteiger partial charge is 0.316 e. The van der Waals surface area contributed by atoms with Gasteiger partial charge < -0.3 is 10.2 Å². The normalized spacial score (nSPS) is 28.2. The van der Waals surface area contributed by atoms with Crippen molar-refractivity contribution in [1.29, 1.82) is 0 Å². The third kappa shape index (κ3) is 3.89. The number of piperidine rings is 1. The maximum Gasteiger partial charge on any atom is 0.250 e. The molecule has 0 spiro atoms. The second-order valence-electron chi connectivity index (χ2n) is 6.84. The van der Waals surface area contributed by atoms with Crippen LogP contribution in [0.2, 0.25) is 0 Å². The molecule has 1 aromatic heterocycles. The van der Waals surface area contributed by atoms with Gasteiger partial charge in [-0.15, -0.1) is 11.3 Å². The molecule has 0 radical (unpaired) electrons. The Morgan fingerprint density at radius 3 is 2.82 bits per heavy atom. The Balaban J connectivity index is 1.50. The molecule has 1 atom stereocenters. The first-order valence-electron chi connectivity index (χ1n) is 7.96. The Kier molecular flexibility index (Phi) is 4.89. The van der Waals surface area contributed by atoms with Crippen molar-refractivity contribution in [1.82, 2.24) is 14.9 Å². The van der Waals surface area contributed by atoms with E-state index < -0.39 is 10.0 Å². The van der Waals surface area contributed by atoms with Crippen molar-refractivity contribution in [3.63, 3.8) is 0 Å². The maximum absolute atomic E-state index is 12.3. The van der Waals surface area contributed by atoms with Crippen LogP contribution in [0.4, 0.5) is 0 Å². The van der Waals surface area contributed by atoms with E-state index in [4.69, 9.17) is 0 Å². The summed E-state index contributed by atoms with van der Waals surface area (Å²) >= 11 is 1.27. The topological polar surface area (TPSA) is 61.4 Å². The third-order valence-electron chi connectivity index (χ3n) is 4.73. The van der Waals surface area contributed by atoms with Gasteiger partial charge in [-0.05, 0) is 55.8 Å². The van der Waals surface area contributed by atoms with E-state index in [-0.39, 0.29) is 6.04 Å². The Morgan fingerprint density at radius 1 is 1.45 bits per heavy atom. The van der Waals surface area contributed by atoms with Crippen molar-refractivity contribution in [2.24, 2.45) is 5.41 Å². The lowest BCUT2D eigenvalue weighted by atomic mass is 9.88. The molecule has 0 bridgehead atoms. The number of rotatable bonds is 5. The van der Waals surface area contributed by atoms with Gasteiger partial charge in [0, 0.05) is 19.1 Å².